The van der Waals surface area contributed by atoms with Crippen LogP contribution in [0.1, 0.15) is 22.4 Å². The lowest BCUT2D eigenvalue weighted by molar-refractivity contribution is 0.297. The molecule has 0 unspecified atom stereocenters. The largest absolute Gasteiger partial charge is 0.471 e. The van der Waals surface area contributed by atoms with Crippen LogP contribution < -0.4 is 4.74 Å². The molecular weight excluding hydrogens is 387 g/mol. The van der Waals surface area contributed by atoms with Crippen molar-refractivity contribution in [2.45, 2.75) is 27.0 Å². The highest BCUT2D eigenvalue weighted by molar-refractivity contribution is 5.89. The number of rotatable bonds is 5. The summed E-state index contributed by atoms with van der Waals surface area (Å²) in [5.74, 6) is 0.388. The van der Waals surface area contributed by atoms with Gasteiger partial charge >= 0.3 is 0 Å². The minimum absolute atomic E-state index is 0.227. The Kier molecular flexibility index (Phi) is 4.91. The summed E-state index contributed by atoms with van der Waals surface area (Å²) in [5, 5.41) is 3.54. The van der Waals surface area contributed by atoms with E-state index in [1.54, 1.807) is 6.20 Å². The Morgan fingerprint density at radius 1 is 0.871 bits per heavy atom. The van der Waals surface area contributed by atoms with Gasteiger partial charge in [0.2, 0.25) is 5.88 Å². The summed E-state index contributed by atoms with van der Waals surface area (Å²) in [4.78, 5) is 4.55. The predicted molar refractivity (Wildman–Crippen MR) is 123 cm³/mol. The van der Waals surface area contributed by atoms with Crippen molar-refractivity contribution in [1.82, 2.24) is 9.55 Å². The van der Waals surface area contributed by atoms with Gasteiger partial charge < -0.3 is 9.30 Å². The van der Waals surface area contributed by atoms with Crippen LogP contribution in [0, 0.1) is 19.7 Å². The summed E-state index contributed by atoms with van der Waals surface area (Å²) in [5.41, 5.74) is 5.47. The van der Waals surface area contributed by atoms with E-state index in [0.29, 0.717) is 19.0 Å². The number of benzene rings is 3. The lowest BCUT2D eigenvalue weighted by Crippen LogP contribution is -2.05. The van der Waals surface area contributed by atoms with E-state index in [-0.39, 0.29) is 5.82 Å². The fourth-order valence-corrected chi connectivity index (χ4v) is 4.12. The molecule has 3 aromatic carbocycles. The van der Waals surface area contributed by atoms with Gasteiger partial charge in [-0.25, -0.2) is 9.37 Å². The number of nitrogens with zero attached hydrogens (tertiary/aromatic N) is 2. The first-order chi connectivity index (χ1) is 15.1. The third-order valence-electron chi connectivity index (χ3n) is 5.96. The van der Waals surface area contributed by atoms with Crippen LogP contribution in [-0.4, -0.2) is 9.55 Å². The highest BCUT2D eigenvalue weighted by atomic mass is 19.1. The first-order valence-corrected chi connectivity index (χ1v) is 10.4. The lowest BCUT2D eigenvalue weighted by atomic mass is 10.1. The van der Waals surface area contributed by atoms with Gasteiger partial charge in [-0.15, -0.1) is 0 Å². The van der Waals surface area contributed by atoms with Crippen molar-refractivity contribution in [2.24, 2.45) is 0 Å². The first-order valence-electron chi connectivity index (χ1n) is 10.4. The number of aromatic nitrogens is 2. The third kappa shape index (κ3) is 3.66. The number of halogens is 1. The number of aryl methyl sites for hydroxylation is 1. The van der Waals surface area contributed by atoms with Crippen LogP contribution in [0.4, 0.5) is 4.39 Å². The molecule has 5 rings (SSSR count). The lowest BCUT2D eigenvalue weighted by Gasteiger charge is -2.12. The van der Waals surface area contributed by atoms with Gasteiger partial charge in [-0.05, 0) is 65.6 Å². The van der Waals surface area contributed by atoms with Crippen molar-refractivity contribution in [3.63, 3.8) is 0 Å². The smallest absolute Gasteiger partial charge is 0.238 e. The molecule has 31 heavy (non-hydrogen) atoms. The van der Waals surface area contributed by atoms with Gasteiger partial charge in [-0.2, -0.15) is 0 Å². The Hall–Kier alpha value is -3.66. The van der Waals surface area contributed by atoms with Gasteiger partial charge in [0.1, 0.15) is 17.9 Å². The highest BCUT2D eigenvalue weighted by Gasteiger charge is 2.17. The van der Waals surface area contributed by atoms with Crippen molar-refractivity contribution < 1.29 is 9.13 Å². The molecule has 0 N–H and O–H groups in total. The van der Waals surface area contributed by atoms with E-state index in [4.69, 9.17) is 4.74 Å². The van der Waals surface area contributed by atoms with Crippen molar-refractivity contribution in [2.75, 3.05) is 0 Å². The van der Waals surface area contributed by atoms with Gasteiger partial charge in [0.25, 0.3) is 0 Å². The zero-order valence-corrected chi connectivity index (χ0v) is 17.6. The molecule has 5 aromatic rings. The van der Waals surface area contributed by atoms with Crippen LogP contribution in [0.3, 0.4) is 0 Å². The molecular formula is C27H23FN2O. The average Bonchev–Trinajstić information content (AvgIpc) is 3.04. The molecule has 0 fully saturated rings. The second-order valence-corrected chi connectivity index (χ2v) is 7.91. The topological polar surface area (TPSA) is 27.1 Å². The summed E-state index contributed by atoms with van der Waals surface area (Å²) in [7, 11) is 0. The van der Waals surface area contributed by atoms with E-state index >= 15 is 0 Å². The molecule has 2 heterocycles. The minimum Gasteiger partial charge on any atom is -0.471 e. The fraction of sp³-hybridized carbons (Fsp3) is 0.148. The molecule has 0 saturated carbocycles. The van der Waals surface area contributed by atoms with Crippen LogP contribution in [0.15, 0.2) is 79.0 Å². The molecule has 3 nitrogen and oxygen atoms in total. The molecule has 0 amide bonds. The number of hydrogen-bond donors (Lipinski definition) is 0. The zero-order chi connectivity index (χ0) is 21.4. The highest BCUT2D eigenvalue weighted by Crippen LogP contribution is 2.32. The Labute approximate surface area is 180 Å². The molecule has 0 aliphatic heterocycles. The van der Waals surface area contributed by atoms with E-state index in [1.807, 2.05) is 30.3 Å². The van der Waals surface area contributed by atoms with E-state index < -0.39 is 0 Å². The Morgan fingerprint density at radius 3 is 2.42 bits per heavy atom. The summed E-state index contributed by atoms with van der Waals surface area (Å²) in [6.07, 6.45) is 1.80. The van der Waals surface area contributed by atoms with Crippen molar-refractivity contribution in [3.05, 3.63) is 107 Å². The molecule has 4 heteroatoms. The van der Waals surface area contributed by atoms with E-state index in [2.05, 4.69) is 53.7 Å². The zero-order valence-electron chi connectivity index (χ0n) is 17.6. The second-order valence-electron chi connectivity index (χ2n) is 7.91. The third-order valence-corrected chi connectivity index (χ3v) is 5.96. The Balaban J connectivity index is 1.50. The fourth-order valence-electron chi connectivity index (χ4n) is 4.12. The van der Waals surface area contributed by atoms with Crippen LogP contribution in [0.25, 0.3) is 21.7 Å². The summed E-state index contributed by atoms with van der Waals surface area (Å²) < 4.78 is 21.8. The van der Waals surface area contributed by atoms with Crippen molar-refractivity contribution in [3.8, 4) is 5.88 Å². The van der Waals surface area contributed by atoms with E-state index in [1.165, 1.54) is 28.5 Å². The monoisotopic (exact) mass is 410 g/mol. The molecule has 0 saturated heterocycles. The van der Waals surface area contributed by atoms with Gasteiger partial charge in [-0.1, -0.05) is 48.5 Å². The maximum Gasteiger partial charge on any atom is 0.238 e. The molecule has 0 spiro atoms. The van der Waals surface area contributed by atoms with Gasteiger partial charge in [0.05, 0.1) is 0 Å². The summed E-state index contributed by atoms with van der Waals surface area (Å²) in [6.45, 7) is 5.29. The number of pyridine rings is 1. The second kappa shape index (κ2) is 7.88. The predicted octanol–water partition coefficient (Wildman–Crippen LogP) is 6.57. The molecule has 0 aliphatic carbocycles. The number of fused-ring (bicyclic) bond motifs is 2. The maximum atomic E-state index is 13.3. The van der Waals surface area contributed by atoms with Gasteiger partial charge in [0.15, 0.2) is 0 Å². The van der Waals surface area contributed by atoms with Crippen LogP contribution in [-0.2, 0) is 13.2 Å². The Bertz CT molecular complexity index is 1390. The van der Waals surface area contributed by atoms with Crippen LogP contribution in [0.5, 0.6) is 5.88 Å². The normalized spacial score (nSPS) is 11.3. The van der Waals surface area contributed by atoms with Gasteiger partial charge in [0, 0.05) is 23.8 Å². The number of hydrogen-bond acceptors (Lipinski definition) is 2. The van der Waals surface area contributed by atoms with E-state index in [9.17, 15) is 4.39 Å². The minimum atomic E-state index is -0.227. The molecule has 0 bridgehead atoms. The standard InChI is InChI=1S/C27H23FN2O/c1-18-19(2)30(16-20-8-11-24(28)12-9-20)26-25(18)13-14-29-27(26)31-17-21-7-10-22-5-3-4-6-23(22)15-21/h3-15H,16-17H2,1-2H3. The van der Waals surface area contributed by atoms with Gasteiger partial charge in [-0.3, -0.25) is 0 Å². The number of ether oxygens (including phenoxy) is 1. The molecule has 0 radical (unpaired) electrons. The molecule has 0 aliphatic rings. The first kappa shape index (κ1) is 19.3. The van der Waals surface area contributed by atoms with E-state index in [0.717, 1.165) is 27.7 Å². The van der Waals surface area contributed by atoms with Crippen molar-refractivity contribution >= 4 is 21.7 Å². The maximum absolute atomic E-state index is 13.3. The Morgan fingerprint density at radius 2 is 1.61 bits per heavy atom. The molecule has 0 atom stereocenters. The summed E-state index contributed by atoms with van der Waals surface area (Å²) in [6, 6.07) is 23.3. The SMILES string of the molecule is Cc1c(C)n(Cc2ccc(F)cc2)c2c(OCc3ccc4ccccc4c3)nccc12. The van der Waals surface area contributed by atoms with Crippen LogP contribution in [0.2, 0.25) is 0 Å². The van der Waals surface area contributed by atoms with Crippen LogP contribution >= 0.6 is 0 Å². The molecule has 2 aromatic heterocycles. The summed E-state index contributed by atoms with van der Waals surface area (Å²) >= 11 is 0. The average molecular weight is 410 g/mol. The quantitative estimate of drug-likeness (QED) is 0.327. The molecule has 154 valence electrons. The van der Waals surface area contributed by atoms with Crippen molar-refractivity contribution in [1.29, 1.82) is 0 Å².